The number of fused-ring (bicyclic) bond motifs is 2. The summed E-state index contributed by atoms with van der Waals surface area (Å²) in [5.74, 6) is -0.0305. The van der Waals surface area contributed by atoms with Crippen LogP contribution in [0.1, 0.15) is 57.9 Å². The number of hydrogen-bond acceptors (Lipinski definition) is 3. The maximum Gasteiger partial charge on any atom is 0.303 e. The van der Waals surface area contributed by atoms with Crippen molar-refractivity contribution in [2.24, 2.45) is 23.2 Å². The fourth-order valence-corrected chi connectivity index (χ4v) is 6.29. The Hall–Kier alpha value is -1.99. The molecule has 5 nitrogen and oxygen atoms in total. The number of hydrogen-bond donors (Lipinski definition) is 2. The van der Waals surface area contributed by atoms with Crippen LogP contribution >= 0.6 is 0 Å². The number of unbranched alkanes of at least 4 members (excludes halogenated alkanes) is 1. The van der Waals surface area contributed by atoms with Crippen molar-refractivity contribution in [1.29, 1.82) is 0 Å². The smallest absolute Gasteiger partial charge is 0.303 e. The lowest BCUT2D eigenvalue weighted by Crippen LogP contribution is -2.61. The van der Waals surface area contributed by atoms with Gasteiger partial charge in [-0.3, -0.25) is 4.79 Å². The summed E-state index contributed by atoms with van der Waals surface area (Å²) in [6.07, 6.45) is 9.68. The predicted octanol–water partition coefficient (Wildman–Crippen LogP) is 4.97. The number of aliphatic carboxylic acids is 1. The van der Waals surface area contributed by atoms with Crippen LogP contribution in [0.15, 0.2) is 41.8 Å². The number of carbonyl (C=O) groups is 1. The number of rotatable bonds is 10. The second-order valence-corrected chi connectivity index (χ2v) is 11.0. The molecule has 1 aromatic rings. The molecule has 0 heterocycles. The Morgan fingerprint density at radius 2 is 2.06 bits per heavy atom. The van der Waals surface area contributed by atoms with E-state index < -0.39 is 21.8 Å². The molecule has 4 unspecified atom stereocenters. The fraction of sp³-hybridized carbons (Fsp3) is 0.542. The van der Waals surface area contributed by atoms with Crippen molar-refractivity contribution in [2.75, 3.05) is 0 Å². The number of carboxylic acids is 1. The lowest BCUT2D eigenvalue weighted by Gasteiger charge is -2.62. The molecular weight excluding hydrogens is 417 g/mol. The molecule has 7 heteroatoms. The highest BCUT2D eigenvalue weighted by Crippen LogP contribution is 2.62. The SMILES string of the molecule is CC1(C)C2CC(NS(=O)(=O)C=Cc3cccc(F)c3)C(C/C=C\CCCC(=O)O)C1C2. The molecule has 3 aliphatic carbocycles. The topological polar surface area (TPSA) is 83.5 Å². The highest BCUT2D eigenvalue weighted by atomic mass is 32.2. The van der Waals surface area contributed by atoms with Gasteiger partial charge >= 0.3 is 5.97 Å². The summed E-state index contributed by atoms with van der Waals surface area (Å²) in [5, 5.41) is 9.85. The summed E-state index contributed by atoms with van der Waals surface area (Å²) in [7, 11) is -3.66. The van der Waals surface area contributed by atoms with Crippen molar-refractivity contribution < 1.29 is 22.7 Å². The van der Waals surface area contributed by atoms with Crippen molar-refractivity contribution in [2.45, 2.75) is 58.4 Å². The first-order valence-corrected chi connectivity index (χ1v) is 12.5. The van der Waals surface area contributed by atoms with E-state index >= 15 is 0 Å². The van der Waals surface area contributed by atoms with E-state index in [1.807, 2.05) is 6.08 Å². The van der Waals surface area contributed by atoms with Crippen LogP contribution in [0.4, 0.5) is 4.39 Å². The molecule has 2 N–H and O–H groups in total. The summed E-state index contributed by atoms with van der Waals surface area (Å²) in [6.45, 7) is 4.54. The summed E-state index contributed by atoms with van der Waals surface area (Å²) in [6, 6.07) is 5.68. The van der Waals surface area contributed by atoms with Gasteiger partial charge < -0.3 is 5.11 Å². The Morgan fingerprint density at radius 1 is 1.29 bits per heavy atom. The number of benzene rings is 1. The van der Waals surface area contributed by atoms with Crippen molar-refractivity contribution in [3.05, 3.63) is 53.2 Å². The third-order valence-electron chi connectivity index (χ3n) is 7.06. The monoisotopic (exact) mass is 449 g/mol. The number of carboxylic acid groups (broad SMARTS) is 1. The first-order chi connectivity index (χ1) is 14.6. The Balaban J connectivity index is 1.65. The summed E-state index contributed by atoms with van der Waals surface area (Å²) >= 11 is 0. The molecule has 4 rings (SSSR count). The second kappa shape index (κ2) is 9.65. The van der Waals surface area contributed by atoms with Crippen LogP contribution in [0, 0.1) is 29.0 Å². The van der Waals surface area contributed by atoms with Crippen LogP contribution in [-0.2, 0) is 14.8 Å². The zero-order chi connectivity index (χ0) is 22.6. The molecule has 0 amide bonds. The lowest BCUT2D eigenvalue weighted by atomic mass is 9.44. The highest BCUT2D eigenvalue weighted by Gasteiger charge is 2.57. The number of allylic oxidation sites excluding steroid dienone is 2. The van der Waals surface area contributed by atoms with Crippen LogP contribution < -0.4 is 4.72 Å². The fourth-order valence-electron chi connectivity index (χ4n) is 5.18. The molecule has 3 aliphatic rings. The van der Waals surface area contributed by atoms with E-state index in [0.29, 0.717) is 30.2 Å². The standard InChI is InChI=1S/C24H32FNO4S/c1-24(2)18-15-21(24)20(10-5-3-4-6-11-23(27)28)22(16-18)26-31(29,30)13-12-17-8-7-9-19(25)14-17/h3,5,7-9,12-14,18,20-22,26H,4,6,10-11,15-16H2,1-2H3,(H,27,28)/b5-3-,13-12?. The van der Waals surface area contributed by atoms with Crippen LogP contribution in [-0.4, -0.2) is 25.5 Å². The summed E-state index contributed by atoms with van der Waals surface area (Å²) < 4.78 is 41.6. The van der Waals surface area contributed by atoms with Crippen molar-refractivity contribution >= 4 is 22.1 Å². The third-order valence-corrected chi connectivity index (χ3v) is 8.18. The first kappa shape index (κ1) is 23.7. The molecule has 170 valence electrons. The van der Waals surface area contributed by atoms with Gasteiger partial charge in [0.25, 0.3) is 0 Å². The van der Waals surface area contributed by atoms with Gasteiger partial charge in [0.05, 0.1) is 0 Å². The van der Waals surface area contributed by atoms with Gasteiger partial charge in [0.15, 0.2) is 0 Å². The zero-order valence-corrected chi connectivity index (χ0v) is 18.9. The third kappa shape index (κ3) is 6.04. The molecule has 4 atom stereocenters. The molecule has 2 bridgehead atoms. The van der Waals surface area contributed by atoms with Gasteiger partial charge in [0.1, 0.15) is 5.82 Å². The minimum absolute atomic E-state index is 0.136. The van der Waals surface area contributed by atoms with Crippen LogP contribution in [0.3, 0.4) is 0 Å². The number of sulfonamides is 1. The van der Waals surface area contributed by atoms with Crippen LogP contribution in [0.2, 0.25) is 0 Å². The molecule has 31 heavy (non-hydrogen) atoms. The highest BCUT2D eigenvalue weighted by molar-refractivity contribution is 7.92. The lowest BCUT2D eigenvalue weighted by molar-refractivity contribution is -0.137. The van der Waals surface area contributed by atoms with Gasteiger partial charge in [0.2, 0.25) is 10.0 Å². The van der Waals surface area contributed by atoms with Crippen LogP contribution in [0.25, 0.3) is 6.08 Å². The minimum atomic E-state index is -3.66. The van der Waals surface area contributed by atoms with E-state index in [1.54, 1.807) is 12.1 Å². The quantitative estimate of drug-likeness (QED) is 0.390. The van der Waals surface area contributed by atoms with E-state index in [1.165, 1.54) is 18.2 Å². The normalized spacial score (nSPS) is 27.5. The molecule has 0 aliphatic heterocycles. The van der Waals surface area contributed by atoms with E-state index in [9.17, 15) is 17.6 Å². The Morgan fingerprint density at radius 3 is 2.74 bits per heavy atom. The van der Waals surface area contributed by atoms with Crippen LogP contribution in [0.5, 0.6) is 0 Å². The molecule has 3 fully saturated rings. The van der Waals surface area contributed by atoms with E-state index in [4.69, 9.17) is 5.11 Å². The molecular formula is C24H32FNO4S. The Bertz CT molecular complexity index is 954. The average Bonchev–Trinajstić information content (AvgIpc) is 2.69. The minimum Gasteiger partial charge on any atom is -0.481 e. The maximum atomic E-state index is 13.3. The summed E-state index contributed by atoms with van der Waals surface area (Å²) in [5.41, 5.74) is 0.708. The largest absolute Gasteiger partial charge is 0.481 e. The van der Waals surface area contributed by atoms with E-state index in [2.05, 4.69) is 24.6 Å². The molecule has 1 aromatic carbocycles. The van der Waals surface area contributed by atoms with Gasteiger partial charge in [0, 0.05) is 17.9 Å². The van der Waals surface area contributed by atoms with Crippen molar-refractivity contribution in [3.8, 4) is 0 Å². The molecule has 0 radical (unpaired) electrons. The Kier molecular flexibility index (Phi) is 7.37. The predicted molar refractivity (Wildman–Crippen MR) is 120 cm³/mol. The van der Waals surface area contributed by atoms with E-state index in [0.717, 1.165) is 24.7 Å². The first-order valence-electron chi connectivity index (χ1n) is 10.9. The maximum absolute atomic E-state index is 13.3. The van der Waals surface area contributed by atoms with E-state index in [-0.39, 0.29) is 23.8 Å². The number of halogens is 1. The molecule has 3 saturated carbocycles. The second-order valence-electron chi connectivity index (χ2n) is 9.38. The average molecular weight is 450 g/mol. The molecule has 0 saturated heterocycles. The van der Waals surface area contributed by atoms with Gasteiger partial charge in [-0.05, 0) is 79.0 Å². The van der Waals surface area contributed by atoms with Crippen molar-refractivity contribution in [3.63, 3.8) is 0 Å². The van der Waals surface area contributed by atoms with Gasteiger partial charge in [-0.15, -0.1) is 0 Å². The molecule has 0 aromatic heterocycles. The Labute approximate surface area is 184 Å². The summed E-state index contributed by atoms with van der Waals surface area (Å²) in [4.78, 5) is 10.6. The van der Waals surface area contributed by atoms with Gasteiger partial charge in [-0.1, -0.05) is 38.1 Å². The van der Waals surface area contributed by atoms with Crippen molar-refractivity contribution in [1.82, 2.24) is 4.72 Å². The number of nitrogens with one attached hydrogen (secondary N) is 1. The van der Waals surface area contributed by atoms with Gasteiger partial charge in [-0.25, -0.2) is 17.5 Å². The molecule has 0 spiro atoms. The zero-order valence-electron chi connectivity index (χ0n) is 18.1. The van der Waals surface area contributed by atoms with Gasteiger partial charge in [-0.2, -0.15) is 0 Å².